The van der Waals surface area contributed by atoms with Crippen molar-refractivity contribution in [2.45, 2.75) is 5.97 Å². The van der Waals surface area contributed by atoms with Crippen LogP contribution in [0.4, 0.5) is 0 Å². The van der Waals surface area contributed by atoms with E-state index >= 15 is 0 Å². The molecule has 0 heterocycles. The van der Waals surface area contributed by atoms with Crippen LogP contribution in [0.3, 0.4) is 0 Å². The zero-order valence-electron chi connectivity index (χ0n) is 4.03. The summed E-state index contributed by atoms with van der Waals surface area (Å²) in [5, 5.41) is 24.2. The van der Waals surface area contributed by atoms with Gasteiger partial charge in [-0.05, 0) is 0 Å². The highest BCUT2D eigenvalue weighted by molar-refractivity contribution is 5.73. The second-order valence-corrected chi connectivity index (χ2v) is 1.28. The van der Waals surface area contributed by atoms with Crippen LogP contribution in [0.1, 0.15) is 0 Å². The van der Waals surface area contributed by atoms with Crippen LogP contribution < -0.4 is 0 Å². The van der Waals surface area contributed by atoms with Gasteiger partial charge in [0.15, 0.2) is 6.29 Å². The Bertz CT molecular complexity index is 110. The van der Waals surface area contributed by atoms with E-state index in [0.717, 1.165) is 0 Å². The second-order valence-electron chi connectivity index (χ2n) is 1.28. The number of rotatable bonds is 2. The van der Waals surface area contributed by atoms with Crippen molar-refractivity contribution in [2.75, 3.05) is 0 Å². The summed E-state index contributed by atoms with van der Waals surface area (Å²) in [4.78, 5) is 9.57. The van der Waals surface area contributed by atoms with Gasteiger partial charge in [-0.3, -0.25) is 4.79 Å². The molecule has 0 aliphatic heterocycles. The topological polar surface area (TPSA) is 77.8 Å². The number of aldehydes is 1. The van der Waals surface area contributed by atoms with Crippen molar-refractivity contribution in [1.82, 2.24) is 0 Å². The Morgan fingerprint density at radius 2 is 1.88 bits per heavy atom. The molecular weight excluding hydrogens is 112 g/mol. The summed E-state index contributed by atoms with van der Waals surface area (Å²) in [7, 11) is 0. The molecule has 0 aromatic heterocycles. The normalized spacial score (nSPS) is 10.9. The maximum atomic E-state index is 9.57. The summed E-state index contributed by atoms with van der Waals surface area (Å²) >= 11 is 0. The highest BCUT2D eigenvalue weighted by Crippen LogP contribution is 2.01. The molecule has 4 nitrogen and oxygen atoms in total. The smallest absolute Gasteiger partial charge is 0.307 e. The molecular formula is C4H6O4. The van der Waals surface area contributed by atoms with Gasteiger partial charge >= 0.3 is 5.97 Å². The minimum absolute atomic E-state index is 0.0556. The van der Waals surface area contributed by atoms with Crippen molar-refractivity contribution < 1.29 is 20.1 Å². The van der Waals surface area contributed by atoms with E-state index in [2.05, 4.69) is 6.58 Å². The maximum Gasteiger partial charge on any atom is 0.307 e. The first-order valence-electron chi connectivity index (χ1n) is 1.80. The van der Waals surface area contributed by atoms with Gasteiger partial charge in [0.1, 0.15) is 0 Å². The molecule has 0 fully saturated rings. The first-order valence-corrected chi connectivity index (χ1v) is 1.80. The molecule has 0 aromatic rings. The second kappa shape index (κ2) is 2.04. The number of carbonyl (C=O) groups excluding carboxylic acids is 1. The lowest BCUT2D eigenvalue weighted by atomic mass is 10.3. The van der Waals surface area contributed by atoms with Gasteiger partial charge in [0.2, 0.25) is 0 Å². The zero-order chi connectivity index (χ0) is 6.78. The van der Waals surface area contributed by atoms with Gasteiger partial charge < -0.3 is 15.3 Å². The van der Waals surface area contributed by atoms with Crippen LogP contribution in [0, 0.1) is 0 Å². The summed E-state index contributed by atoms with van der Waals surface area (Å²) < 4.78 is 0. The predicted octanol–water partition coefficient (Wildman–Crippen LogP) is -1.63. The molecule has 0 amide bonds. The molecule has 46 valence electrons. The fourth-order valence-electron chi connectivity index (χ4n) is 0.0791. The Morgan fingerprint density at radius 1 is 1.50 bits per heavy atom. The standard InChI is InChI=1S/C4H6O4/c1-3(2-5)4(6,7)8/h2,6-8H,1H2. The van der Waals surface area contributed by atoms with Gasteiger partial charge in [0.25, 0.3) is 0 Å². The van der Waals surface area contributed by atoms with E-state index in [4.69, 9.17) is 15.3 Å². The van der Waals surface area contributed by atoms with E-state index in [1.807, 2.05) is 0 Å². The molecule has 0 atom stereocenters. The van der Waals surface area contributed by atoms with Crippen LogP contribution in [0.5, 0.6) is 0 Å². The van der Waals surface area contributed by atoms with Crippen LogP contribution in [-0.4, -0.2) is 27.6 Å². The van der Waals surface area contributed by atoms with Crippen molar-refractivity contribution in [3.63, 3.8) is 0 Å². The van der Waals surface area contributed by atoms with E-state index in [9.17, 15) is 4.79 Å². The molecule has 8 heavy (non-hydrogen) atoms. The SMILES string of the molecule is C=C(C=O)C(O)(O)O. The van der Waals surface area contributed by atoms with Crippen LogP contribution in [0.15, 0.2) is 12.2 Å². The van der Waals surface area contributed by atoms with E-state index in [-0.39, 0.29) is 6.29 Å². The number of hydrogen-bond donors (Lipinski definition) is 3. The first kappa shape index (κ1) is 7.29. The summed E-state index contributed by atoms with van der Waals surface area (Å²) in [6.07, 6.45) is 0.0556. The molecule has 0 radical (unpaired) electrons. The summed E-state index contributed by atoms with van der Waals surface area (Å²) in [6.45, 7) is 2.83. The van der Waals surface area contributed by atoms with E-state index in [1.54, 1.807) is 0 Å². The van der Waals surface area contributed by atoms with E-state index < -0.39 is 11.5 Å². The molecule has 0 aliphatic rings. The van der Waals surface area contributed by atoms with Crippen molar-refractivity contribution in [1.29, 1.82) is 0 Å². The van der Waals surface area contributed by atoms with Gasteiger partial charge in [0, 0.05) is 0 Å². The Hall–Kier alpha value is -0.710. The van der Waals surface area contributed by atoms with E-state index in [0.29, 0.717) is 0 Å². The average molecular weight is 118 g/mol. The number of carbonyl (C=O) groups is 1. The predicted molar refractivity (Wildman–Crippen MR) is 24.6 cm³/mol. The molecule has 3 N–H and O–H groups in total. The highest BCUT2D eigenvalue weighted by atomic mass is 16.7. The van der Waals surface area contributed by atoms with E-state index in [1.165, 1.54) is 0 Å². The average Bonchev–Trinajstić information content (AvgIpc) is 1.62. The molecule has 0 spiro atoms. The molecule has 0 saturated carbocycles. The molecule has 0 rings (SSSR count). The molecule has 0 saturated heterocycles. The minimum Gasteiger partial charge on any atom is -0.340 e. The molecule has 0 aliphatic carbocycles. The van der Waals surface area contributed by atoms with Gasteiger partial charge in [-0.1, -0.05) is 6.58 Å². The van der Waals surface area contributed by atoms with Gasteiger partial charge in [-0.2, -0.15) is 0 Å². The Labute approximate surface area is 45.7 Å². The maximum absolute atomic E-state index is 9.57. The van der Waals surface area contributed by atoms with Crippen LogP contribution in [0.2, 0.25) is 0 Å². The van der Waals surface area contributed by atoms with Crippen molar-refractivity contribution in [3.05, 3.63) is 12.2 Å². The minimum atomic E-state index is -3.05. The van der Waals surface area contributed by atoms with Gasteiger partial charge in [0.05, 0.1) is 5.57 Å². The largest absolute Gasteiger partial charge is 0.340 e. The van der Waals surface area contributed by atoms with Gasteiger partial charge in [-0.25, -0.2) is 0 Å². The monoisotopic (exact) mass is 118 g/mol. The highest BCUT2D eigenvalue weighted by Gasteiger charge is 2.21. The number of aliphatic hydroxyl groups is 3. The quantitative estimate of drug-likeness (QED) is 0.231. The first-order chi connectivity index (χ1) is 3.48. The third-order valence-corrected chi connectivity index (χ3v) is 0.573. The zero-order valence-corrected chi connectivity index (χ0v) is 4.03. The summed E-state index contributed by atoms with van der Waals surface area (Å²) in [5.41, 5.74) is -0.683. The lowest BCUT2D eigenvalue weighted by molar-refractivity contribution is -0.279. The lowest BCUT2D eigenvalue weighted by Crippen LogP contribution is -2.29. The Kier molecular flexibility index (Phi) is 1.86. The molecule has 4 heteroatoms. The molecule has 0 bridgehead atoms. The molecule has 0 aromatic carbocycles. The Balaban J connectivity index is 4.02. The van der Waals surface area contributed by atoms with Crippen molar-refractivity contribution in [2.24, 2.45) is 0 Å². The van der Waals surface area contributed by atoms with Crippen LogP contribution in [-0.2, 0) is 4.79 Å². The third kappa shape index (κ3) is 1.83. The lowest BCUT2D eigenvalue weighted by Gasteiger charge is -2.10. The van der Waals surface area contributed by atoms with Gasteiger partial charge in [-0.15, -0.1) is 0 Å². The summed E-state index contributed by atoms with van der Waals surface area (Å²) in [5.74, 6) is -3.05. The number of hydrogen-bond acceptors (Lipinski definition) is 4. The Morgan fingerprint density at radius 3 is 1.88 bits per heavy atom. The third-order valence-electron chi connectivity index (χ3n) is 0.573. The van der Waals surface area contributed by atoms with Crippen molar-refractivity contribution >= 4 is 6.29 Å². The fraction of sp³-hybridized carbons (Fsp3) is 0.250. The van der Waals surface area contributed by atoms with Crippen LogP contribution in [0.25, 0.3) is 0 Å². The fourth-order valence-corrected chi connectivity index (χ4v) is 0.0791. The van der Waals surface area contributed by atoms with Crippen LogP contribution >= 0.6 is 0 Å². The molecule has 0 unspecified atom stereocenters. The summed E-state index contributed by atoms with van der Waals surface area (Å²) in [6, 6.07) is 0. The van der Waals surface area contributed by atoms with Crippen molar-refractivity contribution in [3.8, 4) is 0 Å².